The normalized spacial score (nSPS) is 24.2. The van der Waals surface area contributed by atoms with Gasteiger partial charge >= 0.3 is 6.03 Å². The number of aromatic nitrogens is 1. The van der Waals surface area contributed by atoms with Crippen molar-refractivity contribution in [3.8, 4) is 0 Å². The summed E-state index contributed by atoms with van der Waals surface area (Å²) in [4.78, 5) is 22.8. The second kappa shape index (κ2) is 7.00. The van der Waals surface area contributed by atoms with Gasteiger partial charge in [0.25, 0.3) is 0 Å². The van der Waals surface area contributed by atoms with E-state index in [1.807, 2.05) is 23.1 Å². The number of carbonyl (C=O) groups is 1. The molecule has 2 amide bonds. The molecule has 5 nitrogen and oxygen atoms in total. The number of nitrogens with zero attached hydrogens (tertiary/aromatic N) is 4. The van der Waals surface area contributed by atoms with Crippen LogP contribution in [0.4, 0.5) is 15.0 Å². The molecule has 2 aliphatic heterocycles. The van der Waals surface area contributed by atoms with E-state index >= 15 is 0 Å². The lowest BCUT2D eigenvalue weighted by Crippen LogP contribution is -2.41. The molecule has 2 aromatic rings. The highest BCUT2D eigenvalue weighted by atomic mass is 35.5. The van der Waals surface area contributed by atoms with Gasteiger partial charge in [-0.2, -0.15) is 0 Å². The van der Waals surface area contributed by atoms with Crippen molar-refractivity contribution in [2.75, 3.05) is 38.6 Å². The van der Waals surface area contributed by atoms with Gasteiger partial charge in [0.15, 0.2) is 0 Å². The molecular formula is C20H22ClFN4O. The Morgan fingerprint density at radius 1 is 1.22 bits per heavy atom. The third-order valence-corrected chi connectivity index (χ3v) is 5.82. The third-order valence-electron chi connectivity index (χ3n) is 5.52. The summed E-state index contributed by atoms with van der Waals surface area (Å²) in [6, 6.07) is 10.0. The summed E-state index contributed by atoms with van der Waals surface area (Å²) in [6.07, 6.45) is 1.74. The fraction of sp³-hybridized carbons (Fsp3) is 0.400. The lowest BCUT2D eigenvalue weighted by molar-refractivity contribution is 0.159. The van der Waals surface area contributed by atoms with E-state index in [2.05, 4.69) is 9.88 Å². The van der Waals surface area contributed by atoms with Crippen LogP contribution in [0.2, 0.25) is 5.02 Å². The molecule has 3 atom stereocenters. The predicted octanol–water partition coefficient (Wildman–Crippen LogP) is 3.67. The van der Waals surface area contributed by atoms with Gasteiger partial charge in [-0.25, -0.2) is 14.2 Å². The number of rotatable bonds is 2. The van der Waals surface area contributed by atoms with Crippen LogP contribution in [0.15, 0.2) is 42.6 Å². The van der Waals surface area contributed by atoms with Crippen molar-refractivity contribution in [1.29, 1.82) is 0 Å². The van der Waals surface area contributed by atoms with Crippen molar-refractivity contribution in [2.24, 2.45) is 11.8 Å². The van der Waals surface area contributed by atoms with Crippen molar-refractivity contribution >= 4 is 23.4 Å². The first kappa shape index (κ1) is 18.0. The van der Waals surface area contributed by atoms with Crippen molar-refractivity contribution in [1.82, 2.24) is 14.8 Å². The maximum absolute atomic E-state index is 13.9. The highest BCUT2D eigenvalue weighted by molar-refractivity contribution is 6.32. The summed E-state index contributed by atoms with van der Waals surface area (Å²) in [6.45, 7) is 2.16. The minimum atomic E-state index is -0.282. The van der Waals surface area contributed by atoms with Gasteiger partial charge in [0, 0.05) is 51.8 Å². The molecule has 3 heterocycles. The molecule has 27 heavy (non-hydrogen) atoms. The van der Waals surface area contributed by atoms with Crippen LogP contribution in [-0.2, 0) is 0 Å². The molecule has 2 aliphatic rings. The van der Waals surface area contributed by atoms with E-state index in [-0.39, 0.29) is 23.8 Å². The molecule has 0 unspecified atom stereocenters. The van der Waals surface area contributed by atoms with Gasteiger partial charge in [-0.05, 0) is 29.8 Å². The molecule has 0 aliphatic carbocycles. The Kier molecular flexibility index (Phi) is 4.68. The fourth-order valence-corrected chi connectivity index (χ4v) is 4.64. The number of likely N-dealkylation sites (tertiary alicyclic amines) is 1. The lowest BCUT2D eigenvalue weighted by atomic mass is 9.89. The Balaban J connectivity index is 1.67. The third kappa shape index (κ3) is 3.23. The van der Waals surface area contributed by atoms with Gasteiger partial charge in [-0.15, -0.1) is 0 Å². The predicted molar refractivity (Wildman–Crippen MR) is 103 cm³/mol. The highest BCUT2D eigenvalue weighted by Crippen LogP contribution is 2.46. The molecule has 1 aromatic carbocycles. The topological polar surface area (TPSA) is 39.7 Å². The zero-order valence-corrected chi connectivity index (χ0v) is 16.1. The van der Waals surface area contributed by atoms with E-state index in [0.29, 0.717) is 17.5 Å². The number of anilines is 1. The minimum absolute atomic E-state index is 0.0407. The first-order valence-corrected chi connectivity index (χ1v) is 9.42. The van der Waals surface area contributed by atoms with E-state index in [0.717, 1.165) is 24.5 Å². The standard InChI is InChI=1S/C20H22ClFN4O/c1-24(2)20(27)26-11-14-10-25(19-17(21)7-4-8-23-19)12-16(14)18(26)13-5-3-6-15(22)9-13/h3-9,14,16,18H,10-12H2,1-2H3/t14-,16-,18-/m1/s1. The van der Waals surface area contributed by atoms with E-state index in [1.54, 1.807) is 37.3 Å². The van der Waals surface area contributed by atoms with Gasteiger partial charge in [0.2, 0.25) is 0 Å². The first-order chi connectivity index (χ1) is 13.0. The number of benzene rings is 1. The zero-order chi connectivity index (χ0) is 19.1. The average Bonchev–Trinajstić information content (AvgIpc) is 3.18. The average molecular weight is 389 g/mol. The smallest absolute Gasteiger partial charge is 0.320 e. The van der Waals surface area contributed by atoms with Crippen molar-refractivity contribution < 1.29 is 9.18 Å². The van der Waals surface area contributed by atoms with Crippen LogP contribution in [-0.4, -0.2) is 54.5 Å². The Hall–Kier alpha value is -2.34. The molecular weight excluding hydrogens is 367 g/mol. The summed E-state index contributed by atoms with van der Waals surface area (Å²) in [5, 5.41) is 0.626. The molecule has 0 radical (unpaired) electrons. The van der Waals surface area contributed by atoms with Gasteiger partial charge in [0.05, 0.1) is 11.1 Å². The van der Waals surface area contributed by atoms with Crippen LogP contribution in [0.1, 0.15) is 11.6 Å². The Morgan fingerprint density at radius 2 is 2.04 bits per heavy atom. The Morgan fingerprint density at radius 3 is 2.74 bits per heavy atom. The van der Waals surface area contributed by atoms with Crippen molar-refractivity contribution in [2.45, 2.75) is 6.04 Å². The Bertz CT molecular complexity index is 861. The van der Waals surface area contributed by atoms with E-state index < -0.39 is 0 Å². The molecule has 7 heteroatoms. The van der Waals surface area contributed by atoms with Crippen LogP contribution < -0.4 is 4.90 Å². The molecule has 0 N–H and O–H groups in total. The number of amides is 2. The van der Waals surface area contributed by atoms with Crippen LogP contribution >= 0.6 is 11.6 Å². The summed E-state index contributed by atoms with van der Waals surface area (Å²) >= 11 is 6.33. The maximum atomic E-state index is 13.9. The molecule has 0 saturated carbocycles. The number of urea groups is 1. The number of hydrogen-bond acceptors (Lipinski definition) is 3. The minimum Gasteiger partial charge on any atom is -0.355 e. The molecule has 4 rings (SSSR count). The second-order valence-electron chi connectivity index (χ2n) is 7.47. The van der Waals surface area contributed by atoms with Crippen molar-refractivity contribution in [3.05, 3.63) is 59.0 Å². The molecule has 2 fully saturated rings. The lowest BCUT2D eigenvalue weighted by Gasteiger charge is -2.32. The van der Waals surface area contributed by atoms with Crippen LogP contribution in [0, 0.1) is 17.7 Å². The van der Waals surface area contributed by atoms with Gasteiger partial charge in [0.1, 0.15) is 11.6 Å². The SMILES string of the molecule is CN(C)C(=O)N1C[C@H]2CN(c3ncccc3Cl)C[C@H]2[C@H]1c1cccc(F)c1. The zero-order valence-electron chi connectivity index (χ0n) is 15.3. The summed E-state index contributed by atoms with van der Waals surface area (Å²) in [5.41, 5.74) is 0.840. The summed E-state index contributed by atoms with van der Waals surface area (Å²) in [5.74, 6) is 0.988. The van der Waals surface area contributed by atoms with Gasteiger partial charge in [-0.1, -0.05) is 23.7 Å². The molecule has 0 bridgehead atoms. The Labute approximate surface area is 163 Å². The summed E-state index contributed by atoms with van der Waals surface area (Å²) in [7, 11) is 3.50. The molecule has 1 aromatic heterocycles. The molecule has 2 saturated heterocycles. The van der Waals surface area contributed by atoms with E-state index in [9.17, 15) is 9.18 Å². The quantitative estimate of drug-likeness (QED) is 0.788. The number of pyridine rings is 1. The summed E-state index contributed by atoms with van der Waals surface area (Å²) < 4.78 is 13.9. The largest absolute Gasteiger partial charge is 0.355 e. The van der Waals surface area contributed by atoms with E-state index in [4.69, 9.17) is 11.6 Å². The van der Waals surface area contributed by atoms with Crippen LogP contribution in [0.3, 0.4) is 0 Å². The number of carbonyl (C=O) groups excluding carboxylic acids is 1. The molecule has 0 spiro atoms. The number of fused-ring (bicyclic) bond motifs is 1. The van der Waals surface area contributed by atoms with Crippen LogP contribution in [0.25, 0.3) is 0 Å². The van der Waals surface area contributed by atoms with Crippen molar-refractivity contribution in [3.63, 3.8) is 0 Å². The number of hydrogen-bond donors (Lipinski definition) is 0. The first-order valence-electron chi connectivity index (χ1n) is 9.04. The van der Waals surface area contributed by atoms with Gasteiger partial charge < -0.3 is 14.7 Å². The van der Waals surface area contributed by atoms with Crippen LogP contribution in [0.5, 0.6) is 0 Å². The number of halogens is 2. The maximum Gasteiger partial charge on any atom is 0.320 e. The second-order valence-corrected chi connectivity index (χ2v) is 7.87. The highest BCUT2D eigenvalue weighted by Gasteiger charge is 2.50. The van der Waals surface area contributed by atoms with E-state index in [1.165, 1.54) is 6.07 Å². The fourth-order valence-electron chi connectivity index (χ4n) is 4.40. The van der Waals surface area contributed by atoms with Gasteiger partial charge in [-0.3, -0.25) is 0 Å². The monoisotopic (exact) mass is 388 g/mol. The molecule has 142 valence electrons.